The van der Waals surface area contributed by atoms with Crippen LogP contribution < -0.4 is 4.72 Å². The fraction of sp³-hybridized carbons (Fsp3) is 0.833. The molecule has 0 saturated heterocycles. The molecule has 6 heteroatoms. The Morgan fingerprint density at radius 1 is 1.42 bits per heavy atom. The standard InChI is InChI=1S/C6H14N2O3S/c1-4-12(10,11)7-5-6(9)8(2)3/h7H,4-5H2,1-3H3. The van der Waals surface area contributed by atoms with E-state index in [0.717, 1.165) is 0 Å². The van der Waals surface area contributed by atoms with Gasteiger partial charge in [-0.3, -0.25) is 4.79 Å². The molecule has 5 nitrogen and oxygen atoms in total. The van der Waals surface area contributed by atoms with Crippen LogP contribution in [-0.2, 0) is 14.8 Å². The highest BCUT2D eigenvalue weighted by molar-refractivity contribution is 7.89. The van der Waals surface area contributed by atoms with Crippen molar-refractivity contribution in [3.8, 4) is 0 Å². The number of amides is 1. The van der Waals surface area contributed by atoms with Crippen LogP contribution in [0.15, 0.2) is 0 Å². The smallest absolute Gasteiger partial charge is 0.237 e. The fourth-order valence-electron chi connectivity index (χ4n) is 0.432. The van der Waals surface area contributed by atoms with Crippen molar-refractivity contribution in [1.29, 1.82) is 0 Å². The van der Waals surface area contributed by atoms with E-state index >= 15 is 0 Å². The van der Waals surface area contributed by atoms with E-state index in [4.69, 9.17) is 0 Å². The molecule has 72 valence electrons. The minimum Gasteiger partial charge on any atom is -0.348 e. The highest BCUT2D eigenvalue weighted by atomic mass is 32.2. The van der Waals surface area contributed by atoms with Gasteiger partial charge in [0.25, 0.3) is 0 Å². The van der Waals surface area contributed by atoms with E-state index in [-0.39, 0.29) is 18.2 Å². The summed E-state index contributed by atoms with van der Waals surface area (Å²) >= 11 is 0. The van der Waals surface area contributed by atoms with Crippen LogP contribution in [0.3, 0.4) is 0 Å². The van der Waals surface area contributed by atoms with Crippen LogP contribution in [0.25, 0.3) is 0 Å². The summed E-state index contributed by atoms with van der Waals surface area (Å²) < 4.78 is 23.9. The minimum atomic E-state index is -3.25. The highest BCUT2D eigenvalue weighted by Gasteiger charge is 2.09. The number of carbonyl (C=O) groups excluding carboxylic acids is 1. The maximum atomic E-state index is 10.9. The Kier molecular flexibility index (Phi) is 4.19. The van der Waals surface area contributed by atoms with Crippen molar-refractivity contribution in [1.82, 2.24) is 9.62 Å². The Balaban J connectivity index is 3.93. The van der Waals surface area contributed by atoms with Crippen molar-refractivity contribution in [2.45, 2.75) is 6.92 Å². The highest BCUT2D eigenvalue weighted by Crippen LogP contribution is 1.83. The summed E-state index contributed by atoms with van der Waals surface area (Å²) in [7, 11) is -0.102. The van der Waals surface area contributed by atoms with Crippen LogP contribution >= 0.6 is 0 Å². The van der Waals surface area contributed by atoms with Gasteiger partial charge in [0.1, 0.15) is 0 Å². The molecule has 0 saturated carbocycles. The molecule has 1 amide bonds. The Morgan fingerprint density at radius 3 is 2.25 bits per heavy atom. The molecule has 0 aliphatic carbocycles. The maximum Gasteiger partial charge on any atom is 0.237 e. The van der Waals surface area contributed by atoms with Crippen LogP contribution in [0, 0.1) is 0 Å². The first-order valence-corrected chi connectivity index (χ1v) is 5.21. The van der Waals surface area contributed by atoms with E-state index in [0.29, 0.717) is 0 Å². The summed E-state index contributed by atoms with van der Waals surface area (Å²) in [6, 6.07) is 0. The first-order chi connectivity index (χ1) is 5.39. The van der Waals surface area contributed by atoms with Crippen molar-refractivity contribution < 1.29 is 13.2 Å². The number of likely N-dealkylation sites (N-methyl/N-ethyl adjacent to an activating group) is 1. The largest absolute Gasteiger partial charge is 0.348 e. The summed E-state index contributed by atoms with van der Waals surface area (Å²) in [5.41, 5.74) is 0. The summed E-state index contributed by atoms with van der Waals surface area (Å²) in [4.78, 5) is 12.2. The zero-order valence-corrected chi connectivity index (χ0v) is 8.31. The number of sulfonamides is 1. The van der Waals surface area contributed by atoms with Gasteiger partial charge in [0.15, 0.2) is 0 Å². The van der Waals surface area contributed by atoms with E-state index < -0.39 is 10.0 Å². The third-order valence-electron chi connectivity index (χ3n) is 1.32. The Bertz CT molecular complexity index is 246. The maximum absolute atomic E-state index is 10.9. The zero-order valence-electron chi connectivity index (χ0n) is 7.49. The Morgan fingerprint density at radius 2 is 1.92 bits per heavy atom. The molecular formula is C6H14N2O3S. The lowest BCUT2D eigenvalue weighted by Crippen LogP contribution is -2.36. The number of hydrogen-bond donors (Lipinski definition) is 1. The van der Waals surface area contributed by atoms with Gasteiger partial charge < -0.3 is 4.90 Å². The molecule has 0 heterocycles. The van der Waals surface area contributed by atoms with Crippen LogP contribution in [-0.4, -0.2) is 45.6 Å². The Hall–Kier alpha value is -0.620. The molecule has 0 aromatic heterocycles. The number of carbonyl (C=O) groups is 1. The predicted molar refractivity (Wildman–Crippen MR) is 46.2 cm³/mol. The van der Waals surface area contributed by atoms with E-state index in [2.05, 4.69) is 4.72 Å². The number of rotatable bonds is 4. The van der Waals surface area contributed by atoms with Gasteiger partial charge in [-0.05, 0) is 6.92 Å². The summed E-state index contributed by atoms with van der Waals surface area (Å²) in [6.45, 7) is 1.35. The van der Waals surface area contributed by atoms with Gasteiger partial charge in [0.05, 0.1) is 12.3 Å². The molecule has 0 aliphatic rings. The number of hydrogen-bond acceptors (Lipinski definition) is 3. The van der Waals surface area contributed by atoms with E-state index in [1.807, 2.05) is 0 Å². The predicted octanol–water partition coefficient (Wildman–Crippen LogP) is -0.986. The van der Waals surface area contributed by atoms with Gasteiger partial charge in [-0.1, -0.05) is 0 Å². The topological polar surface area (TPSA) is 66.5 Å². The molecule has 0 spiro atoms. The summed E-state index contributed by atoms with van der Waals surface area (Å²) in [5.74, 6) is -0.264. The lowest BCUT2D eigenvalue weighted by Gasteiger charge is -2.10. The van der Waals surface area contributed by atoms with Crippen LogP contribution in [0.1, 0.15) is 6.92 Å². The number of nitrogens with one attached hydrogen (secondary N) is 1. The van der Waals surface area contributed by atoms with Crippen molar-refractivity contribution in [3.05, 3.63) is 0 Å². The molecule has 1 N–H and O–H groups in total. The van der Waals surface area contributed by atoms with Gasteiger partial charge in [0.2, 0.25) is 15.9 Å². The molecule has 0 aliphatic heterocycles. The van der Waals surface area contributed by atoms with E-state index in [9.17, 15) is 13.2 Å². The second kappa shape index (κ2) is 4.42. The third-order valence-corrected chi connectivity index (χ3v) is 2.67. The molecular weight excluding hydrogens is 180 g/mol. The molecule has 0 radical (unpaired) electrons. The second-order valence-electron chi connectivity index (χ2n) is 2.51. The van der Waals surface area contributed by atoms with Gasteiger partial charge in [-0.25, -0.2) is 13.1 Å². The summed E-state index contributed by atoms with van der Waals surface area (Å²) in [6.07, 6.45) is 0. The van der Waals surface area contributed by atoms with Crippen LogP contribution in [0.2, 0.25) is 0 Å². The molecule has 0 atom stereocenters. The average molecular weight is 194 g/mol. The molecule has 0 aromatic rings. The van der Waals surface area contributed by atoms with Crippen molar-refractivity contribution in [2.24, 2.45) is 0 Å². The van der Waals surface area contributed by atoms with Gasteiger partial charge in [0, 0.05) is 14.1 Å². The van der Waals surface area contributed by atoms with E-state index in [1.165, 1.54) is 11.8 Å². The fourth-order valence-corrected chi connectivity index (χ4v) is 0.979. The monoisotopic (exact) mass is 194 g/mol. The lowest BCUT2D eigenvalue weighted by molar-refractivity contribution is -0.127. The average Bonchev–Trinajstić information content (AvgIpc) is 2.00. The summed E-state index contributed by atoms with van der Waals surface area (Å²) in [5, 5.41) is 0. The zero-order chi connectivity index (χ0) is 9.78. The molecule has 0 unspecified atom stereocenters. The van der Waals surface area contributed by atoms with Crippen LogP contribution in [0.4, 0.5) is 0 Å². The van der Waals surface area contributed by atoms with Gasteiger partial charge in [-0.2, -0.15) is 0 Å². The lowest BCUT2D eigenvalue weighted by atomic mass is 10.6. The van der Waals surface area contributed by atoms with Gasteiger partial charge >= 0.3 is 0 Å². The second-order valence-corrected chi connectivity index (χ2v) is 4.61. The normalized spacial score (nSPS) is 11.2. The molecule has 0 aromatic carbocycles. The van der Waals surface area contributed by atoms with Crippen LogP contribution in [0.5, 0.6) is 0 Å². The minimum absolute atomic E-state index is 0.00624. The molecule has 0 rings (SSSR count). The van der Waals surface area contributed by atoms with Gasteiger partial charge in [-0.15, -0.1) is 0 Å². The molecule has 12 heavy (non-hydrogen) atoms. The van der Waals surface area contributed by atoms with Crippen molar-refractivity contribution >= 4 is 15.9 Å². The quantitative estimate of drug-likeness (QED) is 0.625. The first kappa shape index (κ1) is 11.4. The molecule has 0 fully saturated rings. The third kappa shape index (κ3) is 4.30. The molecule has 0 bridgehead atoms. The van der Waals surface area contributed by atoms with Crippen molar-refractivity contribution in [3.63, 3.8) is 0 Å². The number of nitrogens with zero attached hydrogens (tertiary/aromatic N) is 1. The van der Waals surface area contributed by atoms with Crippen molar-refractivity contribution in [2.75, 3.05) is 26.4 Å². The first-order valence-electron chi connectivity index (χ1n) is 3.56. The van der Waals surface area contributed by atoms with E-state index in [1.54, 1.807) is 14.1 Å². The SMILES string of the molecule is CCS(=O)(=O)NCC(=O)N(C)C. The Labute approximate surface area is 72.8 Å².